The second-order valence-electron chi connectivity index (χ2n) is 7.15. The zero-order valence-corrected chi connectivity index (χ0v) is 11.5. The molecule has 1 aromatic heterocycles. The van der Waals surface area contributed by atoms with E-state index < -0.39 is 0 Å². The van der Waals surface area contributed by atoms with Gasteiger partial charge in [-0.3, -0.25) is 9.78 Å². The number of carbonyl (C=O) groups is 1. The van der Waals surface area contributed by atoms with Gasteiger partial charge >= 0.3 is 0 Å². The molecule has 20 heavy (non-hydrogen) atoms. The van der Waals surface area contributed by atoms with Gasteiger partial charge in [-0.25, -0.2) is 4.98 Å². The number of amides is 1. The molecule has 4 aliphatic rings. The summed E-state index contributed by atoms with van der Waals surface area (Å²) in [6, 6.07) is 0. The summed E-state index contributed by atoms with van der Waals surface area (Å²) in [7, 11) is 0. The minimum absolute atomic E-state index is 0.0558. The van der Waals surface area contributed by atoms with E-state index in [4.69, 9.17) is 5.73 Å². The zero-order chi connectivity index (χ0) is 13.8. The predicted octanol–water partition coefficient (Wildman–Crippen LogP) is 1.26. The molecule has 5 heteroatoms. The van der Waals surface area contributed by atoms with Crippen molar-refractivity contribution in [2.45, 2.75) is 49.6 Å². The maximum atomic E-state index is 12.4. The first-order valence-electron chi connectivity index (χ1n) is 7.43. The summed E-state index contributed by atoms with van der Waals surface area (Å²) in [4.78, 5) is 20.4. The fourth-order valence-electron chi connectivity index (χ4n) is 5.20. The maximum absolute atomic E-state index is 12.4. The van der Waals surface area contributed by atoms with Crippen LogP contribution in [-0.4, -0.2) is 27.0 Å². The third kappa shape index (κ3) is 1.92. The van der Waals surface area contributed by atoms with Gasteiger partial charge in [0.15, 0.2) is 0 Å². The van der Waals surface area contributed by atoms with Gasteiger partial charge in [-0.2, -0.15) is 0 Å². The number of nitrogens with zero attached hydrogens (tertiary/aromatic N) is 2. The highest BCUT2D eigenvalue weighted by Crippen LogP contribution is 2.56. The predicted molar refractivity (Wildman–Crippen MR) is 73.8 cm³/mol. The Hall–Kier alpha value is -1.49. The van der Waals surface area contributed by atoms with Crippen LogP contribution in [-0.2, 0) is 0 Å². The smallest absolute Gasteiger partial charge is 0.271 e. The van der Waals surface area contributed by atoms with Crippen molar-refractivity contribution < 1.29 is 4.79 Å². The number of hydrogen-bond acceptors (Lipinski definition) is 4. The van der Waals surface area contributed by atoms with Crippen molar-refractivity contribution >= 4 is 5.91 Å². The summed E-state index contributed by atoms with van der Waals surface area (Å²) in [6.07, 6.45) is 11.3. The molecule has 1 heterocycles. The first-order valence-corrected chi connectivity index (χ1v) is 7.43. The van der Waals surface area contributed by atoms with Crippen LogP contribution in [0.15, 0.2) is 18.6 Å². The van der Waals surface area contributed by atoms with Gasteiger partial charge in [0.1, 0.15) is 5.69 Å². The van der Waals surface area contributed by atoms with E-state index in [2.05, 4.69) is 15.3 Å². The van der Waals surface area contributed by atoms with Crippen LogP contribution < -0.4 is 11.1 Å². The van der Waals surface area contributed by atoms with Gasteiger partial charge in [-0.15, -0.1) is 0 Å². The molecule has 0 aliphatic heterocycles. The molecule has 4 aliphatic carbocycles. The Kier molecular flexibility index (Phi) is 2.46. The molecular weight excluding hydrogens is 252 g/mol. The highest BCUT2D eigenvalue weighted by molar-refractivity contribution is 5.92. The summed E-state index contributed by atoms with van der Waals surface area (Å²) in [6.45, 7) is 0. The lowest BCUT2D eigenvalue weighted by molar-refractivity contribution is -0.0321. The Morgan fingerprint density at radius 1 is 1.25 bits per heavy atom. The monoisotopic (exact) mass is 272 g/mol. The van der Waals surface area contributed by atoms with Gasteiger partial charge in [-0.05, 0) is 50.4 Å². The Balaban J connectivity index is 1.58. The molecule has 4 saturated carbocycles. The molecule has 5 nitrogen and oxygen atoms in total. The van der Waals surface area contributed by atoms with E-state index in [0.29, 0.717) is 17.5 Å². The van der Waals surface area contributed by atoms with Crippen LogP contribution in [0.1, 0.15) is 49.0 Å². The molecule has 5 rings (SSSR count). The molecule has 2 unspecified atom stereocenters. The lowest BCUT2D eigenvalue weighted by Crippen LogP contribution is -2.68. The molecular formula is C15H20N4O. The van der Waals surface area contributed by atoms with E-state index in [1.54, 1.807) is 12.4 Å². The van der Waals surface area contributed by atoms with Crippen molar-refractivity contribution in [2.24, 2.45) is 17.6 Å². The van der Waals surface area contributed by atoms with Crippen LogP contribution in [0, 0.1) is 11.8 Å². The summed E-state index contributed by atoms with van der Waals surface area (Å²) in [5.74, 6) is 1.26. The standard InChI is InChI=1S/C15H20N4O/c16-14-4-10-3-11(5-14)7-15(6-10,9-14)19-13(20)12-8-17-1-2-18-12/h1-2,8,10-11H,3-7,9,16H2,(H,19,20). The quantitative estimate of drug-likeness (QED) is 0.849. The third-order valence-electron chi connectivity index (χ3n) is 5.28. The van der Waals surface area contributed by atoms with Gasteiger partial charge in [-0.1, -0.05) is 0 Å². The summed E-state index contributed by atoms with van der Waals surface area (Å²) >= 11 is 0. The molecule has 4 bridgehead atoms. The lowest BCUT2D eigenvalue weighted by Gasteiger charge is -2.61. The largest absolute Gasteiger partial charge is 0.345 e. The van der Waals surface area contributed by atoms with Gasteiger partial charge < -0.3 is 11.1 Å². The molecule has 4 fully saturated rings. The second-order valence-corrected chi connectivity index (χ2v) is 7.15. The minimum atomic E-state index is -0.108. The van der Waals surface area contributed by atoms with E-state index in [1.807, 2.05) is 0 Å². The van der Waals surface area contributed by atoms with Crippen molar-refractivity contribution in [3.05, 3.63) is 24.3 Å². The van der Waals surface area contributed by atoms with Crippen LogP contribution in [0.3, 0.4) is 0 Å². The molecule has 1 aromatic rings. The molecule has 0 saturated heterocycles. The molecule has 0 spiro atoms. The van der Waals surface area contributed by atoms with Gasteiger partial charge in [0, 0.05) is 23.5 Å². The van der Waals surface area contributed by atoms with E-state index in [9.17, 15) is 4.79 Å². The van der Waals surface area contributed by atoms with Gasteiger partial charge in [0.25, 0.3) is 5.91 Å². The molecule has 0 radical (unpaired) electrons. The first-order chi connectivity index (χ1) is 9.56. The zero-order valence-electron chi connectivity index (χ0n) is 11.5. The van der Waals surface area contributed by atoms with Crippen molar-refractivity contribution in [1.82, 2.24) is 15.3 Å². The van der Waals surface area contributed by atoms with Crippen molar-refractivity contribution in [3.63, 3.8) is 0 Å². The SMILES string of the molecule is NC12CC3CC(C1)CC(NC(=O)c1cnccn1)(C3)C2. The summed E-state index contributed by atoms with van der Waals surface area (Å²) < 4.78 is 0. The Bertz CT molecular complexity index is 530. The second kappa shape index (κ2) is 4.01. The highest BCUT2D eigenvalue weighted by atomic mass is 16.2. The Morgan fingerprint density at radius 3 is 2.60 bits per heavy atom. The number of nitrogens with two attached hydrogens (primary N) is 1. The summed E-state index contributed by atoms with van der Waals surface area (Å²) in [5, 5.41) is 3.24. The molecule has 3 N–H and O–H groups in total. The van der Waals surface area contributed by atoms with Crippen molar-refractivity contribution in [2.75, 3.05) is 0 Å². The topological polar surface area (TPSA) is 80.9 Å². The third-order valence-corrected chi connectivity index (χ3v) is 5.28. The minimum Gasteiger partial charge on any atom is -0.345 e. The van der Waals surface area contributed by atoms with Crippen LogP contribution in [0.4, 0.5) is 0 Å². The van der Waals surface area contributed by atoms with Crippen molar-refractivity contribution in [3.8, 4) is 0 Å². The number of hydrogen-bond donors (Lipinski definition) is 2. The number of rotatable bonds is 2. The van der Waals surface area contributed by atoms with Gasteiger partial charge in [0.05, 0.1) is 6.20 Å². The number of nitrogens with one attached hydrogen (secondary N) is 1. The number of aromatic nitrogens is 2. The Morgan fingerprint density at radius 2 is 2.00 bits per heavy atom. The fourth-order valence-corrected chi connectivity index (χ4v) is 5.20. The van der Waals surface area contributed by atoms with Crippen LogP contribution in [0.5, 0.6) is 0 Å². The average molecular weight is 272 g/mol. The molecule has 0 aromatic carbocycles. The van der Waals surface area contributed by atoms with Crippen LogP contribution in [0.25, 0.3) is 0 Å². The average Bonchev–Trinajstić information content (AvgIpc) is 2.36. The number of carbonyl (C=O) groups excluding carboxylic acids is 1. The van der Waals surface area contributed by atoms with Crippen LogP contribution >= 0.6 is 0 Å². The molecule has 106 valence electrons. The normalized spacial score (nSPS) is 41.6. The summed E-state index contributed by atoms with van der Waals surface area (Å²) in [5.41, 5.74) is 6.78. The molecule has 2 atom stereocenters. The van der Waals surface area contributed by atoms with E-state index in [1.165, 1.54) is 12.6 Å². The molecule has 1 amide bonds. The maximum Gasteiger partial charge on any atom is 0.271 e. The first kappa shape index (κ1) is 12.3. The van der Waals surface area contributed by atoms with Gasteiger partial charge in [0.2, 0.25) is 0 Å². The Labute approximate surface area is 118 Å². The lowest BCUT2D eigenvalue weighted by atomic mass is 9.50. The van der Waals surface area contributed by atoms with E-state index in [0.717, 1.165) is 32.1 Å². The van der Waals surface area contributed by atoms with E-state index in [-0.39, 0.29) is 17.0 Å². The van der Waals surface area contributed by atoms with Crippen LogP contribution in [0.2, 0.25) is 0 Å². The fraction of sp³-hybridized carbons (Fsp3) is 0.667. The van der Waals surface area contributed by atoms with E-state index >= 15 is 0 Å². The highest BCUT2D eigenvalue weighted by Gasteiger charge is 2.56. The van der Waals surface area contributed by atoms with Crippen molar-refractivity contribution in [1.29, 1.82) is 0 Å².